The van der Waals surface area contributed by atoms with Crippen molar-refractivity contribution in [1.29, 1.82) is 0 Å². The van der Waals surface area contributed by atoms with Crippen molar-refractivity contribution in [3.63, 3.8) is 0 Å². The standard InChI is InChI=1S/C44H86NO8P/c1-3-5-7-9-11-13-15-17-19-20-21-23-25-27-29-31-33-35-37-44(47)53-42(41-52-54(48,49)51-39-38-45)40-50-43(46)36-34-32-30-28-26-24-22-18-16-14-12-10-8-6-4-2/h18,22,42H,3-17,19-21,23-41,45H2,1-2H3,(H,48,49)/b22-18+/t42-/m1/s1. The van der Waals surface area contributed by atoms with Gasteiger partial charge >= 0.3 is 19.8 Å². The molecule has 0 spiro atoms. The van der Waals surface area contributed by atoms with Crippen LogP contribution in [0.2, 0.25) is 0 Å². The average Bonchev–Trinajstić information content (AvgIpc) is 3.16. The molecule has 10 heteroatoms. The van der Waals surface area contributed by atoms with Crippen LogP contribution in [-0.4, -0.2) is 49.3 Å². The van der Waals surface area contributed by atoms with E-state index in [-0.39, 0.29) is 38.6 Å². The topological polar surface area (TPSA) is 134 Å². The Labute approximate surface area is 332 Å². The molecule has 0 aromatic rings. The Morgan fingerprint density at radius 1 is 0.537 bits per heavy atom. The van der Waals surface area contributed by atoms with Crippen LogP contribution in [0.25, 0.3) is 0 Å². The Morgan fingerprint density at radius 2 is 0.907 bits per heavy atom. The molecule has 0 rings (SSSR count). The second-order valence-corrected chi connectivity index (χ2v) is 16.7. The minimum atomic E-state index is -4.37. The predicted octanol–water partition coefficient (Wildman–Crippen LogP) is 13.0. The first-order valence-electron chi connectivity index (χ1n) is 22.7. The van der Waals surface area contributed by atoms with Crippen molar-refractivity contribution in [3.8, 4) is 0 Å². The Hall–Kier alpha value is -1.25. The molecule has 0 aliphatic rings. The van der Waals surface area contributed by atoms with Gasteiger partial charge in [0.2, 0.25) is 0 Å². The molecular formula is C44H86NO8P. The maximum Gasteiger partial charge on any atom is 0.472 e. The summed E-state index contributed by atoms with van der Waals surface area (Å²) >= 11 is 0. The number of ether oxygens (including phenoxy) is 2. The summed E-state index contributed by atoms with van der Waals surface area (Å²) in [6, 6.07) is 0. The molecule has 3 N–H and O–H groups in total. The van der Waals surface area contributed by atoms with Gasteiger partial charge in [0.1, 0.15) is 6.61 Å². The smallest absolute Gasteiger partial charge is 0.462 e. The first kappa shape index (κ1) is 52.8. The van der Waals surface area contributed by atoms with E-state index in [1.807, 2.05) is 0 Å². The van der Waals surface area contributed by atoms with E-state index in [2.05, 4.69) is 26.0 Å². The molecule has 0 fully saturated rings. The summed E-state index contributed by atoms with van der Waals surface area (Å²) in [7, 11) is -4.37. The number of esters is 2. The Morgan fingerprint density at radius 3 is 1.31 bits per heavy atom. The number of phosphoric ester groups is 1. The minimum Gasteiger partial charge on any atom is -0.462 e. The first-order chi connectivity index (χ1) is 26.3. The Kier molecular flexibility index (Phi) is 40.4. The van der Waals surface area contributed by atoms with Crippen LogP contribution >= 0.6 is 7.82 Å². The fourth-order valence-electron chi connectivity index (χ4n) is 6.51. The molecule has 0 bridgehead atoms. The van der Waals surface area contributed by atoms with Crippen molar-refractivity contribution in [3.05, 3.63) is 12.2 Å². The lowest BCUT2D eigenvalue weighted by molar-refractivity contribution is -0.161. The van der Waals surface area contributed by atoms with E-state index in [9.17, 15) is 19.0 Å². The first-order valence-corrected chi connectivity index (χ1v) is 24.2. The molecule has 0 amide bonds. The number of hydrogen-bond donors (Lipinski definition) is 2. The molecule has 9 nitrogen and oxygen atoms in total. The number of nitrogens with two attached hydrogens (primary N) is 1. The highest BCUT2D eigenvalue weighted by Crippen LogP contribution is 2.43. The fourth-order valence-corrected chi connectivity index (χ4v) is 7.28. The molecule has 0 aliphatic heterocycles. The van der Waals surface area contributed by atoms with Gasteiger partial charge in [-0.2, -0.15) is 0 Å². The third-order valence-corrected chi connectivity index (χ3v) is 10.9. The van der Waals surface area contributed by atoms with Gasteiger partial charge in [-0.25, -0.2) is 4.57 Å². The summed E-state index contributed by atoms with van der Waals surface area (Å²) in [5, 5.41) is 0. The predicted molar refractivity (Wildman–Crippen MR) is 224 cm³/mol. The third kappa shape index (κ3) is 40.4. The van der Waals surface area contributed by atoms with Crippen LogP contribution < -0.4 is 5.73 Å². The van der Waals surface area contributed by atoms with E-state index in [4.69, 9.17) is 24.3 Å². The van der Waals surface area contributed by atoms with E-state index in [0.717, 1.165) is 51.4 Å². The van der Waals surface area contributed by atoms with Crippen molar-refractivity contribution in [2.75, 3.05) is 26.4 Å². The summed E-state index contributed by atoms with van der Waals surface area (Å²) in [6.07, 6.45) is 42.4. The molecular weight excluding hydrogens is 701 g/mol. The summed E-state index contributed by atoms with van der Waals surface area (Å²) < 4.78 is 32.8. The number of allylic oxidation sites excluding steroid dienone is 2. The van der Waals surface area contributed by atoms with Gasteiger partial charge in [0, 0.05) is 19.4 Å². The van der Waals surface area contributed by atoms with Gasteiger partial charge in [0.25, 0.3) is 0 Å². The zero-order valence-electron chi connectivity index (χ0n) is 35.2. The number of rotatable bonds is 43. The molecule has 0 heterocycles. The van der Waals surface area contributed by atoms with Crippen LogP contribution in [-0.2, 0) is 32.7 Å². The van der Waals surface area contributed by atoms with Crippen molar-refractivity contribution in [1.82, 2.24) is 0 Å². The largest absolute Gasteiger partial charge is 0.472 e. The summed E-state index contributed by atoms with van der Waals surface area (Å²) in [5.74, 6) is -0.826. The third-order valence-electron chi connectivity index (χ3n) is 9.90. The van der Waals surface area contributed by atoms with Crippen molar-refractivity contribution in [2.45, 2.75) is 232 Å². The quantitative estimate of drug-likeness (QED) is 0.0268. The highest BCUT2D eigenvalue weighted by atomic mass is 31.2. The summed E-state index contributed by atoms with van der Waals surface area (Å²) in [5.41, 5.74) is 5.35. The van der Waals surface area contributed by atoms with Crippen molar-refractivity contribution < 1.29 is 37.6 Å². The van der Waals surface area contributed by atoms with Crippen LogP contribution in [0.1, 0.15) is 226 Å². The van der Waals surface area contributed by atoms with Gasteiger partial charge in [-0.15, -0.1) is 0 Å². The highest BCUT2D eigenvalue weighted by molar-refractivity contribution is 7.47. The number of carbonyl (C=O) groups excluding carboxylic acids is 2. The summed E-state index contributed by atoms with van der Waals surface area (Å²) in [6.45, 7) is 3.75. The van der Waals surface area contributed by atoms with E-state index in [1.54, 1.807) is 0 Å². The van der Waals surface area contributed by atoms with E-state index < -0.39 is 26.5 Å². The van der Waals surface area contributed by atoms with Crippen LogP contribution in [0.4, 0.5) is 0 Å². The second-order valence-electron chi connectivity index (χ2n) is 15.3. The van der Waals surface area contributed by atoms with Gasteiger partial charge in [0.15, 0.2) is 6.10 Å². The van der Waals surface area contributed by atoms with E-state index in [0.29, 0.717) is 6.42 Å². The second kappa shape index (κ2) is 41.4. The van der Waals surface area contributed by atoms with Gasteiger partial charge in [-0.3, -0.25) is 18.6 Å². The van der Waals surface area contributed by atoms with Gasteiger partial charge in [0.05, 0.1) is 13.2 Å². The lowest BCUT2D eigenvalue weighted by atomic mass is 10.0. The van der Waals surface area contributed by atoms with Gasteiger partial charge in [-0.05, 0) is 38.5 Å². The maximum atomic E-state index is 12.6. The van der Waals surface area contributed by atoms with E-state index in [1.165, 1.54) is 141 Å². The number of hydrogen-bond acceptors (Lipinski definition) is 8. The molecule has 320 valence electrons. The lowest BCUT2D eigenvalue weighted by Crippen LogP contribution is -2.29. The van der Waals surface area contributed by atoms with Gasteiger partial charge in [-0.1, -0.05) is 187 Å². The number of unbranched alkanes of at least 4 members (excludes halogenated alkanes) is 28. The number of carbonyl (C=O) groups is 2. The normalized spacial score (nSPS) is 13.3. The molecule has 54 heavy (non-hydrogen) atoms. The fraction of sp³-hybridized carbons (Fsp3) is 0.909. The Bertz CT molecular complexity index is 902. The van der Waals surface area contributed by atoms with Crippen LogP contribution in [0.5, 0.6) is 0 Å². The van der Waals surface area contributed by atoms with Crippen molar-refractivity contribution in [2.24, 2.45) is 5.73 Å². The molecule has 0 aliphatic carbocycles. The highest BCUT2D eigenvalue weighted by Gasteiger charge is 2.26. The minimum absolute atomic E-state index is 0.0553. The molecule has 0 aromatic heterocycles. The number of phosphoric acid groups is 1. The molecule has 0 saturated carbocycles. The molecule has 0 aromatic carbocycles. The molecule has 1 unspecified atom stereocenters. The van der Waals surface area contributed by atoms with Gasteiger partial charge < -0.3 is 20.1 Å². The monoisotopic (exact) mass is 788 g/mol. The van der Waals surface area contributed by atoms with E-state index >= 15 is 0 Å². The maximum absolute atomic E-state index is 12.6. The zero-order chi connectivity index (χ0) is 39.6. The average molecular weight is 788 g/mol. The van der Waals surface area contributed by atoms with Crippen LogP contribution in [0.3, 0.4) is 0 Å². The molecule has 0 radical (unpaired) electrons. The van der Waals surface area contributed by atoms with Crippen LogP contribution in [0, 0.1) is 0 Å². The van der Waals surface area contributed by atoms with Crippen LogP contribution in [0.15, 0.2) is 12.2 Å². The lowest BCUT2D eigenvalue weighted by Gasteiger charge is -2.19. The molecule has 0 saturated heterocycles. The zero-order valence-corrected chi connectivity index (χ0v) is 36.1. The Balaban J connectivity index is 4.10. The van der Waals surface area contributed by atoms with Crippen molar-refractivity contribution >= 4 is 19.8 Å². The summed E-state index contributed by atoms with van der Waals surface area (Å²) in [4.78, 5) is 34.9. The molecule has 2 atom stereocenters. The SMILES string of the molecule is CCCCCCCC/C=C/CCCCCCCC(=O)OC[C@H](COP(=O)(O)OCCN)OC(=O)CCCCCCCCCCCCCCCCCCCC.